The van der Waals surface area contributed by atoms with Crippen molar-refractivity contribution < 1.29 is 10.2 Å². The molecule has 2 atom stereocenters. The fourth-order valence-corrected chi connectivity index (χ4v) is 2.33. The summed E-state index contributed by atoms with van der Waals surface area (Å²) in [5.74, 6) is 0. The van der Waals surface area contributed by atoms with Crippen molar-refractivity contribution in [2.75, 3.05) is 13.6 Å². The highest BCUT2D eigenvalue weighted by atomic mass is 16.3. The summed E-state index contributed by atoms with van der Waals surface area (Å²) < 4.78 is 0. The molecule has 1 aliphatic carbocycles. The number of aliphatic hydroxyl groups excluding tert-OH is 1. The van der Waals surface area contributed by atoms with E-state index in [0.717, 1.165) is 19.3 Å². The number of hydrogen-bond acceptors (Lipinski definition) is 3. The molecule has 1 fully saturated rings. The van der Waals surface area contributed by atoms with Crippen LogP contribution in [0.4, 0.5) is 0 Å². The van der Waals surface area contributed by atoms with Crippen molar-refractivity contribution in [2.45, 2.75) is 57.3 Å². The van der Waals surface area contributed by atoms with E-state index in [0.29, 0.717) is 6.54 Å². The van der Waals surface area contributed by atoms with Gasteiger partial charge in [-0.2, -0.15) is 0 Å². The van der Waals surface area contributed by atoms with Crippen LogP contribution in [0.5, 0.6) is 0 Å². The van der Waals surface area contributed by atoms with Crippen molar-refractivity contribution in [2.24, 2.45) is 0 Å². The molecule has 0 radical (unpaired) electrons. The zero-order valence-electron chi connectivity index (χ0n) is 9.53. The Bertz CT molecular complexity index is 177. The van der Waals surface area contributed by atoms with Crippen molar-refractivity contribution in [1.29, 1.82) is 0 Å². The lowest BCUT2D eigenvalue weighted by Crippen LogP contribution is -2.48. The Labute approximate surface area is 86.7 Å². The Morgan fingerprint density at radius 3 is 2.36 bits per heavy atom. The van der Waals surface area contributed by atoms with Crippen LogP contribution in [0.1, 0.15) is 39.5 Å². The van der Waals surface area contributed by atoms with Crippen molar-refractivity contribution >= 4 is 0 Å². The molecule has 3 nitrogen and oxygen atoms in total. The highest BCUT2D eigenvalue weighted by Crippen LogP contribution is 2.23. The summed E-state index contributed by atoms with van der Waals surface area (Å²) in [5.41, 5.74) is -0.675. The van der Waals surface area contributed by atoms with E-state index in [1.165, 1.54) is 6.42 Å². The highest BCUT2D eigenvalue weighted by Gasteiger charge is 2.29. The van der Waals surface area contributed by atoms with E-state index in [4.69, 9.17) is 0 Å². The predicted molar refractivity (Wildman–Crippen MR) is 57.2 cm³/mol. The van der Waals surface area contributed by atoms with Gasteiger partial charge in [0.2, 0.25) is 0 Å². The van der Waals surface area contributed by atoms with Gasteiger partial charge in [-0.15, -0.1) is 0 Å². The normalized spacial score (nSPS) is 29.6. The van der Waals surface area contributed by atoms with Crippen LogP contribution in [0.25, 0.3) is 0 Å². The Hall–Kier alpha value is -0.120. The fourth-order valence-electron chi connectivity index (χ4n) is 2.33. The maximum absolute atomic E-state index is 9.81. The molecular formula is C11H23NO2. The molecule has 0 saturated heterocycles. The first-order chi connectivity index (χ1) is 6.40. The molecule has 0 unspecified atom stereocenters. The van der Waals surface area contributed by atoms with Crippen LogP contribution in [0.2, 0.25) is 0 Å². The molecule has 14 heavy (non-hydrogen) atoms. The summed E-state index contributed by atoms with van der Waals surface area (Å²) in [7, 11) is 1.98. The number of nitrogens with zero attached hydrogens (tertiary/aromatic N) is 1. The molecule has 0 aromatic carbocycles. The Kier molecular flexibility index (Phi) is 3.93. The lowest BCUT2D eigenvalue weighted by Gasteiger charge is -2.37. The second-order valence-corrected chi connectivity index (χ2v) is 5.15. The minimum atomic E-state index is -0.675. The molecule has 1 aliphatic rings. The van der Waals surface area contributed by atoms with Gasteiger partial charge < -0.3 is 10.2 Å². The Balaban J connectivity index is 2.46. The third-order valence-electron chi connectivity index (χ3n) is 2.90. The van der Waals surface area contributed by atoms with Gasteiger partial charge in [-0.05, 0) is 33.7 Å². The molecule has 2 N–H and O–H groups in total. The molecular weight excluding hydrogens is 178 g/mol. The van der Waals surface area contributed by atoms with Gasteiger partial charge >= 0.3 is 0 Å². The van der Waals surface area contributed by atoms with E-state index < -0.39 is 5.60 Å². The zero-order chi connectivity index (χ0) is 10.8. The molecule has 0 aliphatic heterocycles. The van der Waals surface area contributed by atoms with E-state index in [2.05, 4.69) is 4.90 Å². The first kappa shape index (κ1) is 12.0. The summed E-state index contributed by atoms with van der Waals surface area (Å²) in [6, 6.07) is 0.232. The van der Waals surface area contributed by atoms with E-state index in [1.807, 2.05) is 7.05 Å². The van der Waals surface area contributed by atoms with Crippen molar-refractivity contribution in [3.05, 3.63) is 0 Å². The molecule has 1 rings (SSSR count). The van der Waals surface area contributed by atoms with Crippen LogP contribution < -0.4 is 0 Å². The predicted octanol–water partition coefficient (Wildman–Crippen LogP) is 0.993. The van der Waals surface area contributed by atoms with Gasteiger partial charge in [-0.1, -0.05) is 12.8 Å². The van der Waals surface area contributed by atoms with E-state index in [9.17, 15) is 10.2 Å². The van der Waals surface area contributed by atoms with E-state index in [1.54, 1.807) is 13.8 Å². The quantitative estimate of drug-likeness (QED) is 0.716. The van der Waals surface area contributed by atoms with E-state index >= 15 is 0 Å². The second-order valence-electron chi connectivity index (χ2n) is 5.15. The van der Waals surface area contributed by atoms with E-state index in [-0.39, 0.29) is 12.1 Å². The fraction of sp³-hybridized carbons (Fsp3) is 1.00. The van der Waals surface area contributed by atoms with Crippen molar-refractivity contribution in [3.8, 4) is 0 Å². The van der Waals surface area contributed by atoms with Crippen molar-refractivity contribution in [3.63, 3.8) is 0 Å². The zero-order valence-corrected chi connectivity index (χ0v) is 9.53. The summed E-state index contributed by atoms with van der Waals surface area (Å²) >= 11 is 0. The van der Waals surface area contributed by atoms with Crippen molar-refractivity contribution in [1.82, 2.24) is 4.90 Å². The van der Waals surface area contributed by atoms with Gasteiger partial charge in [0.05, 0.1) is 11.7 Å². The largest absolute Gasteiger partial charge is 0.391 e. The lowest BCUT2D eigenvalue weighted by molar-refractivity contribution is -0.0155. The number of hydrogen-bond donors (Lipinski definition) is 2. The molecule has 3 heteroatoms. The summed E-state index contributed by atoms with van der Waals surface area (Å²) in [6.45, 7) is 4.23. The molecule has 0 heterocycles. The Morgan fingerprint density at radius 1 is 1.29 bits per heavy atom. The third-order valence-corrected chi connectivity index (χ3v) is 2.90. The van der Waals surface area contributed by atoms with Gasteiger partial charge in [-0.25, -0.2) is 0 Å². The molecule has 0 amide bonds. The maximum atomic E-state index is 9.81. The van der Waals surface area contributed by atoms with Gasteiger partial charge in [0.1, 0.15) is 0 Å². The van der Waals surface area contributed by atoms with Gasteiger partial charge in [0.25, 0.3) is 0 Å². The molecule has 0 aromatic heterocycles. The van der Waals surface area contributed by atoms with Crippen LogP contribution in [0.15, 0.2) is 0 Å². The summed E-state index contributed by atoms with van der Waals surface area (Å²) in [4.78, 5) is 2.09. The number of rotatable bonds is 3. The smallest absolute Gasteiger partial charge is 0.0718 e. The average molecular weight is 201 g/mol. The van der Waals surface area contributed by atoms with Crippen LogP contribution in [-0.2, 0) is 0 Å². The minimum Gasteiger partial charge on any atom is -0.391 e. The first-order valence-electron chi connectivity index (χ1n) is 5.51. The van der Waals surface area contributed by atoms with Crippen LogP contribution in [0.3, 0.4) is 0 Å². The standard InChI is InChI=1S/C11H23NO2/c1-11(2,14)8-12(3)9-6-4-5-7-10(9)13/h9-10,13-14H,4-8H2,1-3H3/t9-,10-/m0/s1. The number of aliphatic hydroxyl groups is 2. The topological polar surface area (TPSA) is 43.7 Å². The number of likely N-dealkylation sites (N-methyl/N-ethyl adjacent to an activating group) is 1. The molecule has 0 spiro atoms. The molecule has 0 aromatic rings. The monoisotopic (exact) mass is 201 g/mol. The van der Waals surface area contributed by atoms with Crippen LogP contribution >= 0.6 is 0 Å². The first-order valence-corrected chi connectivity index (χ1v) is 5.51. The van der Waals surface area contributed by atoms with Crippen LogP contribution in [-0.4, -0.2) is 46.5 Å². The molecule has 84 valence electrons. The Morgan fingerprint density at radius 2 is 1.86 bits per heavy atom. The van der Waals surface area contributed by atoms with Gasteiger partial charge in [0.15, 0.2) is 0 Å². The molecule has 0 bridgehead atoms. The van der Waals surface area contributed by atoms with Gasteiger partial charge in [0, 0.05) is 12.6 Å². The SMILES string of the molecule is CN(CC(C)(C)O)[C@H]1CCCC[C@@H]1O. The summed E-state index contributed by atoms with van der Waals surface area (Å²) in [6.07, 6.45) is 4.07. The minimum absolute atomic E-state index is 0.212. The second kappa shape index (κ2) is 4.60. The average Bonchev–Trinajstić information content (AvgIpc) is 2.01. The van der Waals surface area contributed by atoms with Gasteiger partial charge in [-0.3, -0.25) is 4.90 Å². The molecule has 1 saturated carbocycles. The lowest BCUT2D eigenvalue weighted by atomic mass is 9.91. The highest BCUT2D eigenvalue weighted by molar-refractivity contribution is 4.84. The van der Waals surface area contributed by atoms with Crippen LogP contribution in [0, 0.1) is 0 Å². The third kappa shape index (κ3) is 3.56. The maximum Gasteiger partial charge on any atom is 0.0718 e. The summed E-state index contributed by atoms with van der Waals surface area (Å²) in [5, 5.41) is 19.5.